The molecule has 0 aromatic heterocycles. The van der Waals surface area contributed by atoms with Crippen LogP contribution in [0.15, 0.2) is 35.3 Å². The van der Waals surface area contributed by atoms with E-state index in [0.29, 0.717) is 11.9 Å². The Bertz CT molecular complexity index is 433. The van der Waals surface area contributed by atoms with E-state index in [1.54, 1.807) is 0 Å². The van der Waals surface area contributed by atoms with E-state index in [-0.39, 0.29) is 5.41 Å². The third-order valence-corrected chi connectivity index (χ3v) is 4.28. The number of hydrogen-bond acceptors (Lipinski definition) is 1. The molecule has 3 heteroatoms. The smallest absolute Gasteiger partial charge is 0.188 e. The van der Waals surface area contributed by atoms with Crippen molar-refractivity contribution >= 4 is 5.96 Å². The highest BCUT2D eigenvalue weighted by Gasteiger charge is 2.38. The van der Waals surface area contributed by atoms with E-state index in [4.69, 9.17) is 5.73 Å². The van der Waals surface area contributed by atoms with E-state index < -0.39 is 0 Å². The molecule has 0 saturated heterocycles. The maximum atomic E-state index is 5.96. The van der Waals surface area contributed by atoms with Gasteiger partial charge in [-0.1, -0.05) is 50.6 Å². The Morgan fingerprint density at radius 1 is 1.30 bits per heavy atom. The number of nitrogens with one attached hydrogen (secondary N) is 1. The SMILES string of the molecule is CC(C)CCNC(N)=NCC1(c2ccccc2)CCC1. The Hall–Kier alpha value is -1.51. The molecule has 0 spiro atoms. The van der Waals surface area contributed by atoms with Gasteiger partial charge >= 0.3 is 0 Å². The van der Waals surface area contributed by atoms with Gasteiger partial charge in [-0.2, -0.15) is 0 Å². The molecule has 0 bridgehead atoms. The van der Waals surface area contributed by atoms with Gasteiger partial charge in [-0.3, -0.25) is 4.99 Å². The van der Waals surface area contributed by atoms with Crippen molar-refractivity contribution in [3.8, 4) is 0 Å². The van der Waals surface area contributed by atoms with Crippen molar-refractivity contribution in [1.82, 2.24) is 5.32 Å². The van der Waals surface area contributed by atoms with Gasteiger partial charge in [-0.25, -0.2) is 0 Å². The summed E-state index contributed by atoms with van der Waals surface area (Å²) < 4.78 is 0. The minimum absolute atomic E-state index is 0.228. The molecule has 110 valence electrons. The van der Waals surface area contributed by atoms with Crippen LogP contribution in [0, 0.1) is 5.92 Å². The minimum Gasteiger partial charge on any atom is -0.370 e. The second-order valence-corrected chi connectivity index (χ2v) is 6.31. The number of nitrogens with zero attached hydrogens (tertiary/aromatic N) is 1. The summed E-state index contributed by atoms with van der Waals surface area (Å²) >= 11 is 0. The lowest BCUT2D eigenvalue weighted by molar-refractivity contribution is 0.253. The molecule has 0 radical (unpaired) electrons. The first-order valence-electron chi connectivity index (χ1n) is 7.72. The number of guanidine groups is 1. The van der Waals surface area contributed by atoms with Crippen molar-refractivity contribution in [3.05, 3.63) is 35.9 Å². The average molecular weight is 273 g/mol. The van der Waals surface area contributed by atoms with Gasteiger partial charge in [0.1, 0.15) is 0 Å². The van der Waals surface area contributed by atoms with Crippen molar-refractivity contribution in [2.24, 2.45) is 16.6 Å². The molecule has 1 saturated carbocycles. The van der Waals surface area contributed by atoms with Gasteiger partial charge < -0.3 is 11.1 Å². The normalized spacial score (nSPS) is 17.9. The zero-order valence-corrected chi connectivity index (χ0v) is 12.7. The molecule has 0 heterocycles. The molecule has 1 aromatic carbocycles. The van der Waals surface area contributed by atoms with Crippen LogP contribution in [0.2, 0.25) is 0 Å². The van der Waals surface area contributed by atoms with Crippen LogP contribution < -0.4 is 11.1 Å². The second-order valence-electron chi connectivity index (χ2n) is 6.31. The predicted molar refractivity (Wildman–Crippen MR) is 85.9 cm³/mol. The monoisotopic (exact) mass is 273 g/mol. The summed E-state index contributed by atoms with van der Waals surface area (Å²) in [6.45, 7) is 6.14. The van der Waals surface area contributed by atoms with Gasteiger partial charge in [-0.05, 0) is 30.7 Å². The predicted octanol–water partition coefficient (Wildman–Crippen LogP) is 3.06. The zero-order valence-electron chi connectivity index (χ0n) is 12.7. The van der Waals surface area contributed by atoms with E-state index in [2.05, 4.69) is 54.5 Å². The first kappa shape index (κ1) is 14.9. The van der Waals surface area contributed by atoms with Crippen molar-refractivity contribution in [1.29, 1.82) is 0 Å². The molecule has 0 amide bonds. The lowest BCUT2D eigenvalue weighted by Gasteiger charge is -2.41. The molecule has 1 aliphatic carbocycles. The minimum atomic E-state index is 0.228. The van der Waals surface area contributed by atoms with Gasteiger partial charge in [0.05, 0.1) is 6.54 Å². The van der Waals surface area contributed by atoms with E-state index >= 15 is 0 Å². The molecule has 1 aromatic rings. The Morgan fingerprint density at radius 2 is 2.00 bits per heavy atom. The van der Waals surface area contributed by atoms with E-state index in [1.807, 2.05) is 0 Å². The molecule has 3 N–H and O–H groups in total. The Labute approximate surface area is 122 Å². The number of rotatable bonds is 6. The first-order chi connectivity index (χ1) is 9.62. The van der Waals surface area contributed by atoms with Crippen LogP contribution in [0.3, 0.4) is 0 Å². The van der Waals surface area contributed by atoms with Crippen LogP contribution in [0.1, 0.15) is 45.1 Å². The van der Waals surface area contributed by atoms with Crippen LogP contribution in [0.5, 0.6) is 0 Å². The quantitative estimate of drug-likeness (QED) is 0.618. The van der Waals surface area contributed by atoms with Crippen molar-refractivity contribution in [2.45, 2.75) is 44.9 Å². The van der Waals surface area contributed by atoms with Crippen LogP contribution in [0.4, 0.5) is 0 Å². The van der Waals surface area contributed by atoms with E-state index in [1.165, 1.54) is 24.8 Å². The summed E-state index contributed by atoms with van der Waals surface area (Å²) in [5.41, 5.74) is 7.60. The van der Waals surface area contributed by atoms with Gasteiger partial charge in [0.25, 0.3) is 0 Å². The maximum Gasteiger partial charge on any atom is 0.188 e. The van der Waals surface area contributed by atoms with Crippen LogP contribution in [-0.2, 0) is 5.41 Å². The standard InChI is InChI=1S/C17H27N3/c1-14(2)9-12-19-16(18)20-13-17(10-6-11-17)15-7-4-3-5-8-15/h3-5,7-8,14H,6,9-13H2,1-2H3,(H3,18,19,20). The topological polar surface area (TPSA) is 50.4 Å². The zero-order chi connectivity index (χ0) is 14.4. The molecule has 0 atom stereocenters. The summed E-state index contributed by atoms with van der Waals surface area (Å²) in [4.78, 5) is 4.57. The third-order valence-electron chi connectivity index (χ3n) is 4.28. The van der Waals surface area contributed by atoms with Gasteiger partial charge in [-0.15, -0.1) is 0 Å². The molecular weight excluding hydrogens is 246 g/mol. The summed E-state index contributed by atoms with van der Waals surface area (Å²) in [7, 11) is 0. The largest absolute Gasteiger partial charge is 0.370 e. The second kappa shape index (κ2) is 6.78. The fourth-order valence-electron chi connectivity index (χ4n) is 2.71. The van der Waals surface area contributed by atoms with Crippen molar-refractivity contribution in [3.63, 3.8) is 0 Å². The summed E-state index contributed by atoms with van der Waals surface area (Å²) in [5, 5.41) is 3.21. The van der Waals surface area contributed by atoms with E-state index in [9.17, 15) is 0 Å². The molecular formula is C17H27N3. The number of aliphatic imine (C=N–C) groups is 1. The molecule has 2 rings (SSSR count). The van der Waals surface area contributed by atoms with E-state index in [0.717, 1.165) is 19.5 Å². The highest BCUT2D eigenvalue weighted by molar-refractivity contribution is 5.77. The summed E-state index contributed by atoms with van der Waals surface area (Å²) in [6.07, 6.45) is 4.87. The maximum absolute atomic E-state index is 5.96. The van der Waals surface area contributed by atoms with Gasteiger partial charge in [0.15, 0.2) is 5.96 Å². The average Bonchev–Trinajstić information content (AvgIpc) is 2.38. The highest BCUT2D eigenvalue weighted by Crippen LogP contribution is 2.43. The van der Waals surface area contributed by atoms with Crippen LogP contribution in [0.25, 0.3) is 0 Å². The lowest BCUT2D eigenvalue weighted by atomic mass is 9.64. The molecule has 1 aliphatic rings. The lowest BCUT2D eigenvalue weighted by Crippen LogP contribution is -2.40. The fourth-order valence-corrected chi connectivity index (χ4v) is 2.71. The summed E-state index contributed by atoms with van der Waals surface area (Å²) in [6, 6.07) is 10.7. The van der Waals surface area contributed by atoms with Gasteiger partial charge in [0, 0.05) is 12.0 Å². The highest BCUT2D eigenvalue weighted by atomic mass is 15.1. The van der Waals surface area contributed by atoms with Crippen LogP contribution in [-0.4, -0.2) is 19.0 Å². The van der Waals surface area contributed by atoms with Crippen molar-refractivity contribution in [2.75, 3.05) is 13.1 Å². The first-order valence-corrected chi connectivity index (χ1v) is 7.72. The Kier molecular flexibility index (Phi) is 5.05. The van der Waals surface area contributed by atoms with Crippen molar-refractivity contribution < 1.29 is 0 Å². The molecule has 1 fully saturated rings. The third kappa shape index (κ3) is 3.75. The Morgan fingerprint density at radius 3 is 2.55 bits per heavy atom. The number of hydrogen-bond donors (Lipinski definition) is 2. The molecule has 0 unspecified atom stereocenters. The molecule has 0 aliphatic heterocycles. The number of benzene rings is 1. The Balaban J connectivity index is 1.90. The number of nitrogens with two attached hydrogens (primary N) is 1. The summed E-state index contributed by atoms with van der Waals surface area (Å²) in [5.74, 6) is 1.28. The van der Waals surface area contributed by atoms with Gasteiger partial charge in [0.2, 0.25) is 0 Å². The van der Waals surface area contributed by atoms with Crippen LogP contribution >= 0.6 is 0 Å². The fraction of sp³-hybridized carbons (Fsp3) is 0.588. The molecule has 3 nitrogen and oxygen atoms in total. The molecule has 20 heavy (non-hydrogen) atoms.